The molecule has 1 aliphatic rings. The molecule has 3 aromatic heterocycles. The Morgan fingerprint density at radius 1 is 0.861 bits per heavy atom. The topological polar surface area (TPSA) is 107 Å². The normalized spacial score (nSPS) is 14.8. The van der Waals surface area contributed by atoms with E-state index in [1.807, 2.05) is 66.7 Å². The van der Waals surface area contributed by atoms with Crippen molar-refractivity contribution in [1.82, 2.24) is 25.3 Å². The van der Waals surface area contributed by atoms with Crippen molar-refractivity contribution in [3.63, 3.8) is 0 Å². The van der Waals surface area contributed by atoms with Crippen molar-refractivity contribution in [3.8, 4) is 22.5 Å². The van der Waals surface area contributed by atoms with Crippen molar-refractivity contribution in [2.45, 2.75) is 25.3 Å². The lowest BCUT2D eigenvalue weighted by molar-refractivity contribution is 0.0927. The molecule has 7 heteroatoms. The minimum Gasteiger partial charge on any atom is -0.382 e. The number of benzene rings is 2. The van der Waals surface area contributed by atoms with E-state index in [1.54, 1.807) is 12.4 Å². The standard InChI is InChI=1S/C29H24N6O/c30-28-27(29(36)33-23-12-4-9-18-10-5-16-32-24(18)23)34-26(25(35-28)19-7-2-1-3-8-19)21-13-14-22-20(17-21)11-6-15-31-22/h1-3,5-8,10-11,13-17,23H,4,9,12H2,(H2,30,35)(H,33,36). The molecule has 36 heavy (non-hydrogen) atoms. The fourth-order valence-electron chi connectivity index (χ4n) is 4.81. The number of anilines is 1. The third-order valence-electron chi connectivity index (χ3n) is 6.56. The van der Waals surface area contributed by atoms with Gasteiger partial charge >= 0.3 is 0 Å². The van der Waals surface area contributed by atoms with Gasteiger partial charge in [-0.2, -0.15) is 0 Å². The zero-order chi connectivity index (χ0) is 24.5. The van der Waals surface area contributed by atoms with Gasteiger partial charge in [-0.3, -0.25) is 14.8 Å². The van der Waals surface area contributed by atoms with Gasteiger partial charge in [0.2, 0.25) is 0 Å². The van der Waals surface area contributed by atoms with Crippen LogP contribution in [0.4, 0.5) is 5.82 Å². The molecule has 6 rings (SSSR count). The number of aryl methyl sites for hydroxylation is 1. The summed E-state index contributed by atoms with van der Waals surface area (Å²) in [7, 11) is 0. The van der Waals surface area contributed by atoms with Gasteiger partial charge in [-0.15, -0.1) is 0 Å². The van der Waals surface area contributed by atoms with E-state index < -0.39 is 0 Å². The zero-order valence-corrected chi connectivity index (χ0v) is 19.6. The maximum Gasteiger partial charge on any atom is 0.274 e. The van der Waals surface area contributed by atoms with Crippen molar-refractivity contribution in [1.29, 1.82) is 0 Å². The molecule has 7 nitrogen and oxygen atoms in total. The molecule has 176 valence electrons. The van der Waals surface area contributed by atoms with Gasteiger partial charge in [-0.25, -0.2) is 9.97 Å². The Kier molecular flexibility index (Phi) is 5.58. The number of nitrogen functional groups attached to an aromatic ring is 1. The van der Waals surface area contributed by atoms with E-state index in [1.165, 1.54) is 0 Å². The maximum atomic E-state index is 13.5. The molecule has 5 aromatic rings. The lowest BCUT2D eigenvalue weighted by atomic mass is 9.92. The number of carbonyl (C=O) groups excluding carboxylic acids is 1. The molecule has 1 amide bonds. The first-order valence-corrected chi connectivity index (χ1v) is 12.0. The summed E-state index contributed by atoms with van der Waals surface area (Å²) in [6.45, 7) is 0. The Balaban J connectivity index is 1.44. The number of hydrogen-bond acceptors (Lipinski definition) is 6. The number of carbonyl (C=O) groups is 1. The highest BCUT2D eigenvalue weighted by Crippen LogP contribution is 2.33. The van der Waals surface area contributed by atoms with Gasteiger partial charge < -0.3 is 11.1 Å². The predicted molar refractivity (Wildman–Crippen MR) is 140 cm³/mol. The van der Waals surface area contributed by atoms with Crippen LogP contribution in [0, 0.1) is 0 Å². The highest BCUT2D eigenvalue weighted by atomic mass is 16.2. The predicted octanol–water partition coefficient (Wildman–Crippen LogP) is 5.14. The number of fused-ring (bicyclic) bond motifs is 2. The monoisotopic (exact) mass is 472 g/mol. The Morgan fingerprint density at radius 2 is 1.67 bits per heavy atom. The van der Waals surface area contributed by atoms with Crippen molar-refractivity contribution >= 4 is 22.6 Å². The van der Waals surface area contributed by atoms with Crippen molar-refractivity contribution < 1.29 is 4.79 Å². The fourth-order valence-corrected chi connectivity index (χ4v) is 4.81. The average molecular weight is 473 g/mol. The Bertz CT molecular complexity index is 1580. The molecule has 0 fully saturated rings. The molecule has 0 radical (unpaired) electrons. The number of nitrogens with two attached hydrogens (primary N) is 1. The lowest BCUT2D eigenvalue weighted by Crippen LogP contribution is -2.33. The van der Waals surface area contributed by atoms with E-state index in [-0.39, 0.29) is 23.5 Å². The first kappa shape index (κ1) is 21.9. The van der Waals surface area contributed by atoms with Crippen LogP contribution in [0.25, 0.3) is 33.4 Å². The maximum absolute atomic E-state index is 13.5. The summed E-state index contributed by atoms with van der Waals surface area (Å²) < 4.78 is 0. The van der Waals surface area contributed by atoms with Gasteiger partial charge in [0, 0.05) is 28.9 Å². The number of aromatic nitrogens is 4. The summed E-state index contributed by atoms with van der Waals surface area (Å²) >= 11 is 0. The molecular weight excluding hydrogens is 448 g/mol. The first-order valence-electron chi connectivity index (χ1n) is 12.0. The average Bonchev–Trinajstić information content (AvgIpc) is 2.93. The molecule has 3 heterocycles. The zero-order valence-electron chi connectivity index (χ0n) is 19.6. The van der Waals surface area contributed by atoms with E-state index in [4.69, 9.17) is 10.7 Å². The summed E-state index contributed by atoms with van der Waals surface area (Å²) in [6, 6.07) is 23.4. The van der Waals surface area contributed by atoms with Gasteiger partial charge in [0.1, 0.15) is 0 Å². The summed E-state index contributed by atoms with van der Waals surface area (Å²) in [6.07, 6.45) is 6.29. The molecule has 0 saturated carbocycles. The van der Waals surface area contributed by atoms with Gasteiger partial charge in [-0.05, 0) is 49.1 Å². The van der Waals surface area contributed by atoms with Crippen LogP contribution in [0.2, 0.25) is 0 Å². The van der Waals surface area contributed by atoms with E-state index in [0.717, 1.165) is 52.5 Å². The molecular formula is C29H24N6O. The smallest absolute Gasteiger partial charge is 0.274 e. The molecule has 0 bridgehead atoms. The number of pyridine rings is 2. The van der Waals surface area contributed by atoms with Crippen LogP contribution in [0.3, 0.4) is 0 Å². The van der Waals surface area contributed by atoms with E-state index >= 15 is 0 Å². The van der Waals surface area contributed by atoms with Crippen LogP contribution in [0.1, 0.15) is 40.6 Å². The van der Waals surface area contributed by atoms with Crippen molar-refractivity contribution in [2.75, 3.05) is 5.73 Å². The summed E-state index contributed by atoms with van der Waals surface area (Å²) in [4.78, 5) is 31.9. The SMILES string of the molecule is Nc1nc(-c2ccccc2)c(-c2ccc3ncccc3c2)nc1C(=O)NC1CCCc2cccnc21. The van der Waals surface area contributed by atoms with Gasteiger partial charge in [0.15, 0.2) is 11.5 Å². The minimum absolute atomic E-state index is 0.0922. The van der Waals surface area contributed by atoms with Crippen LogP contribution in [0.15, 0.2) is 85.2 Å². The molecule has 1 unspecified atom stereocenters. The number of nitrogens with one attached hydrogen (secondary N) is 1. The number of rotatable bonds is 4. The molecule has 3 N–H and O–H groups in total. The summed E-state index contributed by atoms with van der Waals surface area (Å²) in [5.74, 6) is -0.263. The second-order valence-corrected chi connectivity index (χ2v) is 8.90. The van der Waals surface area contributed by atoms with Gasteiger partial charge in [0.25, 0.3) is 5.91 Å². The van der Waals surface area contributed by atoms with Gasteiger partial charge in [-0.1, -0.05) is 48.5 Å². The van der Waals surface area contributed by atoms with E-state index in [2.05, 4.69) is 26.3 Å². The van der Waals surface area contributed by atoms with Crippen molar-refractivity contribution in [3.05, 3.63) is 102 Å². The van der Waals surface area contributed by atoms with Crippen LogP contribution < -0.4 is 11.1 Å². The molecule has 1 atom stereocenters. The number of amides is 1. The molecule has 0 saturated heterocycles. The summed E-state index contributed by atoms with van der Waals surface area (Å²) in [5, 5.41) is 4.08. The quantitative estimate of drug-likeness (QED) is 0.375. The largest absolute Gasteiger partial charge is 0.382 e. The van der Waals surface area contributed by atoms with Gasteiger partial charge in [0.05, 0.1) is 28.6 Å². The summed E-state index contributed by atoms with van der Waals surface area (Å²) in [5.41, 5.74) is 12.3. The molecule has 2 aromatic carbocycles. The highest BCUT2D eigenvalue weighted by Gasteiger charge is 2.26. The van der Waals surface area contributed by atoms with Crippen LogP contribution in [-0.2, 0) is 6.42 Å². The minimum atomic E-state index is -0.355. The third-order valence-corrected chi connectivity index (χ3v) is 6.56. The number of nitrogens with zero attached hydrogens (tertiary/aromatic N) is 4. The van der Waals surface area contributed by atoms with E-state index in [9.17, 15) is 4.79 Å². The molecule has 1 aliphatic carbocycles. The fraction of sp³-hybridized carbons (Fsp3) is 0.138. The first-order chi connectivity index (χ1) is 17.7. The molecule has 0 aliphatic heterocycles. The Morgan fingerprint density at radius 3 is 2.56 bits per heavy atom. The second kappa shape index (κ2) is 9.19. The lowest BCUT2D eigenvalue weighted by Gasteiger charge is -2.25. The Labute approximate surface area is 208 Å². The van der Waals surface area contributed by atoms with Crippen LogP contribution >= 0.6 is 0 Å². The second-order valence-electron chi connectivity index (χ2n) is 8.90. The highest BCUT2D eigenvalue weighted by molar-refractivity contribution is 5.98. The van der Waals surface area contributed by atoms with Crippen LogP contribution in [0.5, 0.6) is 0 Å². The number of hydrogen-bond donors (Lipinski definition) is 2. The van der Waals surface area contributed by atoms with Crippen LogP contribution in [-0.4, -0.2) is 25.8 Å². The third kappa shape index (κ3) is 4.05. The van der Waals surface area contributed by atoms with E-state index in [0.29, 0.717) is 11.4 Å². The van der Waals surface area contributed by atoms with Crippen molar-refractivity contribution in [2.24, 2.45) is 0 Å². The molecule has 0 spiro atoms. The Hall–Kier alpha value is -4.65.